The predicted molar refractivity (Wildman–Crippen MR) is 60.8 cm³/mol. The van der Waals surface area contributed by atoms with Crippen molar-refractivity contribution in [1.29, 1.82) is 0 Å². The molecular weight excluding hydrogens is 188 g/mol. The third kappa shape index (κ3) is 3.11. The molecule has 0 aromatic heterocycles. The van der Waals surface area contributed by atoms with Crippen LogP contribution in [-0.2, 0) is 0 Å². The predicted octanol–water partition coefficient (Wildman–Crippen LogP) is 2.37. The van der Waals surface area contributed by atoms with Crippen LogP contribution in [0.25, 0.3) is 0 Å². The summed E-state index contributed by atoms with van der Waals surface area (Å²) in [7, 11) is 0. The van der Waals surface area contributed by atoms with Gasteiger partial charge in [0.05, 0.1) is 0 Å². The van der Waals surface area contributed by atoms with Crippen LogP contribution < -0.4 is 5.32 Å². The van der Waals surface area contributed by atoms with Crippen LogP contribution in [-0.4, -0.2) is 30.6 Å². The molecule has 1 saturated heterocycles. The highest BCUT2D eigenvalue weighted by Crippen LogP contribution is 2.25. The normalized spacial score (nSPS) is 23.1. The first-order chi connectivity index (χ1) is 7.36. The van der Waals surface area contributed by atoms with Gasteiger partial charge < -0.3 is 10.2 Å². The number of nitrogens with one attached hydrogen (secondary N) is 1. The SMILES string of the molecule is O=C(NCC1CCC1)N1CCCCCC1. The monoisotopic (exact) mass is 210 g/mol. The van der Waals surface area contributed by atoms with Crippen molar-refractivity contribution in [2.45, 2.75) is 44.9 Å². The van der Waals surface area contributed by atoms with E-state index in [0.717, 1.165) is 25.6 Å². The van der Waals surface area contributed by atoms with Crippen molar-refractivity contribution in [3.8, 4) is 0 Å². The van der Waals surface area contributed by atoms with E-state index in [1.807, 2.05) is 4.90 Å². The molecule has 1 N–H and O–H groups in total. The fraction of sp³-hybridized carbons (Fsp3) is 0.917. The molecule has 0 aromatic carbocycles. The summed E-state index contributed by atoms with van der Waals surface area (Å²) < 4.78 is 0. The van der Waals surface area contributed by atoms with E-state index in [2.05, 4.69) is 5.32 Å². The van der Waals surface area contributed by atoms with Gasteiger partial charge in [0, 0.05) is 19.6 Å². The number of rotatable bonds is 2. The molecule has 2 aliphatic rings. The van der Waals surface area contributed by atoms with E-state index in [1.54, 1.807) is 0 Å². The summed E-state index contributed by atoms with van der Waals surface area (Å²) in [6.45, 7) is 2.81. The number of likely N-dealkylation sites (tertiary alicyclic amines) is 1. The molecule has 1 aliphatic carbocycles. The van der Waals surface area contributed by atoms with Gasteiger partial charge in [0.15, 0.2) is 0 Å². The highest BCUT2D eigenvalue weighted by molar-refractivity contribution is 5.74. The lowest BCUT2D eigenvalue weighted by Gasteiger charge is -2.27. The molecule has 86 valence electrons. The first kappa shape index (κ1) is 10.8. The molecule has 0 radical (unpaired) electrons. The molecule has 0 bridgehead atoms. The van der Waals surface area contributed by atoms with Crippen LogP contribution in [0, 0.1) is 5.92 Å². The van der Waals surface area contributed by atoms with Gasteiger partial charge in [-0.1, -0.05) is 19.3 Å². The zero-order valence-electron chi connectivity index (χ0n) is 9.50. The van der Waals surface area contributed by atoms with Crippen molar-refractivity contribution in [3.05, 3.63) is 0 Å². The Labute approximate surface area is 92.2 Å². The highest BCUT2D eigenvalue weighted by atomic mass is 16.2. The van der Waals surface area contributed by atoms with Crippen LogP contribution in [0.5, 0.6) is 0 Å². The van der Waals surface area contributed by atoms with E-state index in [9.17, 15) is 4.79 Å². The molecule has 0 aromatic rings. The minimum atomic E-state index is 0.170. The maximum Gasteiger partial charge on any atom is 0.317 e. The Morgan fingerprint density at radius 1 is 1.07 bits per heavy atom. The average Bonchev–Trinajstić information content (AvgIpc) is 2.43. The summed E-state index contributed by atoms with van der Waals surface area (Å²) in [6.07, 6.45) is 8.89. The number of hydrogen-bond donors (Lipinski definition) is 1. The van der Waals surface area contributed by atoms with Crippen molar-refractivity contribution in [2.24, 2.45) is 5.92 Å². The first-order valence-electron chi connectivity index (χ1n) is 6.39. The highest BCUT2D eigenvalue weighted by Gasteiger charge is 2.20. The van der Waals surface area contributed by atoms with Crippen LogP contribution in [0.1, 0.15) is 44.9 Å². The van der Waals surface area contributed by atoms with E-state index in [4.69, 9.17) is 0 Å². The third-order valence-electron chi connectivity index (χ3n) is 3.66. The Balaban J connectivity index is 1.68. The fourth-order valence-electron chi connectivity index (χ4n) is 2.31. The minimum absolute atomic E-state index is 0.170. The van der Waals surface area contributed by atoms with Gasteiger partial charge in [0.2, 0.25) is 0 Å². The summed E-state index contributed by atoms with van der Waals surface area (Å²) in [4.78, 5) is 13.8. The number of urea groups is 1. The molecule has 0 atom stereocenters. The van der Waals surface area contributed by atoms with Crippen LogP contribution in [0.2, 0.25) is 0 Å². The average molecular weight is 210 g/mol. The number of hydrogen-bond acceptors (Lipinski definition) is 1. The molecule has 2 fully saturated rings. The molecule has 15 heavy (non-hydrogen) atoms. The molecule has 1 saturated carbocycles. The fourth-order valence-corrected chi connectivity index (χ4v) is 2.31. The lowest BCUT2D eigenvalue weighted by atomic mass is 9.85. The van der Waals surface area contributed by atoms with Crippen molar-refractivity contribution < 1.29 is 4.79 Å². The minimum Gasteiger partial charge on any atom is -0.338 e. The summed E-state index contributed by atoms with van der Waals surface area (Å²) in [5.41, 5.74) is 0. The Bertz CT molecular complexity index is 206. The lowest BCUT2D eigenvalue weighted by molar-refractivity contribution is 0.193. The van der Waals surface area contributed by atoms with Gasteiger partial charge in [0.1, 0.15) is 0 Å². The van der Waals surface area contributed by atoms with Gasteiger partial charge >= 0.3 is 6.03 Å². The standard InChI is InChI=1S/C12H22N2O/c15-12(13-10-11-6-5-7-11)14-8-3-1-2-4-9-14/h11H,1-10H2,(H,13,15). The summed E-state index contributed by atoms with van der Waals surface area (Å²) in [5, 5.41) is 3.07. The molecule has 2 amide bonds. The number of carbonyl (C=O) groups is 1. The lowest BCUT2D eigenvalue weighted by Crippen LogP contribution is -2.43. The van der Waals surface area contributed by atoms with Gasteiger partial charge in [-0.25, -0.2) is 4.79 Å². The van der Waals surface area contributed by atoms with Crippen LogP contribution in [0.4, 0.5) is 4.79 Å². The zero-order chi connectivity index (χ0) is 10.5. The van der Waals surface area contributed by atoms with Crippen LogP contribution in [0.15, 0.2) is 0 Å². The van der Waals surface area contributed by atoms with Gasteiger partial charge in [0.25, 0.3) is 0 Å². The zero-order valence-corrected chi connectivity index (χ0v) is 9.50. The number of nitrogens with zero attached hydrogens (tertiary/aromatic N) is 1. The molecule has 1 aliphatic heterocycles. The summed E-state index contributed by atoms with van der Waals surface area (Å²) in [5.74, 6) is 0.765. The van der Waals surface area contributed by atoms with Crippen molar-refractivity contribution in [3.63, 3.8) is 0 Å². The second-order valence-corrected chi connectivity index (χ2v) is 4.88. The van der Waals surface area contributed by atoms with E-state index in [-0.39, 0.29) is 6.03 Å². The van der Waals surface area contributed by atoms with E-state index < -0.39 is 0 Å². The Morgan fingerprint density at radius 2 is 1.73 bits per heavy atom. The smallest absolute Gasteiger partial charge is 0.317 e. The summed E-state index contributed by atoms with van der Waals surface area (Å²) in [6, 6.07) is 0.170. The molecule has 0 spiro atoms. The Morgan fingerprint density at radius 3 is 2.27 bits per heavy atom. The Kier molecular flexibility index (Phi) is 3.87. The molecule has 1 heterocycles. The van der Waals surface area contributed by atoms with Crippen LogP contribution >= 0.6 is 0 Å². The van der Waals surface area contributed by atoms with E-state index in [0.29, 0.717) is 0 Å². The molecule has 2 rings (SSSR count). The second-order valence-electron chi connectivity index (χ2n) is 4.88. The first-order valence-corrected chi connectivity index (χ1v) is 6.39. The topological polar surface area (TPSA) is 32.3 Å². The van der Waals surface area contributed by atoms with Gasteiger partial charge in [-0.2, -0.15) is 0 Å². The van der Waals surface area contributed by atoms with Gasteiger partial charge in [-0.15, -0.1) is 0 Å². The number of amides is 2. The molecule has 3 nitrogen and oxygen atoms in total. The maximum absolute atomic E-state index is 11.8. The number of carbonyl (C=O) groups excluding carboxylic acids is 1. The molecular formula is C12H22N2O. The van der Waals surface area contributed by atoms with E-state index >= 15 is 0 Å². The Hall–Kier alpha value is -0.730. The van der Waals surface area contributed by atoms with Crippen molar-refractivity contribution in [1.82, 2.24) is 10.2 Å². The van der Waals surface area contributed by atoms with Crippen LogP contribution in [0.3, 0.4) is 0 Å². The molecule has 3 heteroatoms. The van der Waals surface area contributed by atoms with E-state index in [1.165, 1.54) is 44.9 Å². The summed E-state index contributed by atoms with van der Waals surface area (Å²) >= 11 is 0. The third-order valence-corrected chi connectivity index (χ3v) is 3.66. The van der Waals surface area contributed by atoms with Crippen molar-refractivity contribution in [2.75, 3.05) is 19.6 Å². The van der Waals surface area contributed by atoms with Gasteiger partial charge in [-0.3, -0.25) is 0 Å². The molecule has 0 unspecified atom stereocenters. The maximum atomic E-state index is 11.8. The second kappa shape index (κ2) is 5.38. The quantitative estimate of drug-likeness (QED) is 0.745. The van der Waals surface area contributed by atoms with Gasteiger partial charge in [-0.05, 0) is 31.6 Å². The van der Waals surface area contributed by atoms with Crippen molar-refractivity contribution >= 4 is 6.03 Å². The largest absolute Gasteiger partial charge is 0.338 e.